The minimum absolute atomic E-state index is 0.363. The first-order valence-electron chi connectivity index (χ1n) is 10.6. The van der Waals surface area contributed by atoms with Crippen molar-refractivity contribution in [3.63, 3.8) is 0 Å². The van der Waals surface area contributed by atoms with Gasteiger partial charge in [0.25, 0.3) is 5.91 Å². The molecule has 1 aliphatic rings. The molecule has 1 fully saturated rings. The van der Waals surface area contributed by atoms with E-state index in [2.05, 4.69) is 66.9 Å². The molecule has 0 saturated heterocycles. The summed E-state index contributed by atoms with van der Waals surface area (Å²) < 4.78 is 2.08. The quantitative estimate of drug-likeness (QED) is 0.627. The Morgan fingerprint density at radius 2 is 1.48 bits per heavy atom. The molecule has 4 nitrogen and oxygen atoms in total. The summed E-state index contributed by atoms with van der Waals surface area (Å²) in [5.74, 6) is 0.459. The summed E-state index contributed by atoms with van der Waals surface area (Å²) in [6, 6.07) is 16.8. The summed E-state index contributed by atoms with van der Waals surface area (Å²) in [5.41, 5.74) is 12.1. The lowest BCUT2D eigenvalue weighted by Gasteiger charge is -2.24. The zero-order chi connectivity index (χ0) is 20.4. The zero-order valence-corrected chi connectivity index (χ0v) is 17.3. The number of imidazole rings is 1. The van der Waals surface area contributed by atoms with E-state index in [-0.39, 0.29) is 0 Å². The highest BCUT2D eigenvalue weighted by molar-refractivity contribution is 5.93. The van der Waals surface area contributed by atoms with Crippen molar-refractivity contribution in [2.75, 3.05) is 0 Å². The van der Waals surface area contributed by atoms with Gasteiger partial charge in [0.15, 0.2) is 5.82 Å². The number of hydrogen-bond donors (Lipinski definition) is 1. The van der Waals surface area contributed by atoms with Gasteiger partial charge in [-0.1, -0.05) is 78.9 Å². The Morgan fingerprint density at radius 1 is 0.931 bits per heavy atom. The van der Waals surface area contributed by atoms with Crippen LogP contribution in [0.1, 0.15) is 53.8 Å². The first-order chi connectivity index (χ1) is 14.0. The van der Waals surface area contributed by atoms with Crippen molar-refractivity contribution in [1.82, 2.24) is 9.55 Å². The van der Waals surface area contributed by atoms with Crippen LogP contribution in [0.15, 0.2) is 48.5 Å². The van der Waals surface area contributed by atoms with Crippen LogP contribution < -0.4 is 5.73 Å². The number of carbonyl (C=O) groups excluding carboxylic acids is 1. The van der Waals surface area contributed by atoms with Gasteiger partial charge in [0, 0.05) is 17.7 Å². The molecule has 150 valence electrons. The number of nitrogens with zero attached hydrogens (tertiary/aromatic N) is 2. The molecule has 0 unspecified atom stereocenters. The largest absolute Gasteiger partial charge is 0.363 e. The summed E-state index contributed by atoms with van der Waals surface area (Å²) in [6.45, 7) is 4.94. The zero-order valence-electron chi connectivity index (χ0n) is 17.3. The van der Waals surface area contributed by atoms with Crippen LogP contribution in [0.4, 0.5) is 0 Å². The van der Waals surface area contributed by atoms with Crippen molar-refractivity contribution in [1.29, 1.82) is 0 Å². The number of aromatic nitrogens is 2. The molecule has 0 bridgehead atoms. The molecule has 1 heterocycles. The standard InChI is InChI=1S/C25H29N3O/c1-17-8-12-20(13-9-17)22-23(21-14-10-18(2)11-15-21)28(25(27-22)24(26)29)16-19-6-4-3-5-7-19/h8-15,19H,3-7,16H2,1-2H3,(H2,26,29). The molecular weight excluding hydrogens is 358 g/mol. The minimum Gasteiger partial charge on any atom is -0.363 e. The van der Waals surface area contributed by atoms with Crippen molar-refractivity contribution in [3.8, 4) is 22.5 Å². The average Bonchev–Trinajstić information content (AvgIpc) is 3.09. The van der Waals surface area contributed by atoms with E-state index in [4.69, 9.17) is 10.7 Å². The van der Waals surface area contributed by atoms with Gasteiger partial charge in [-0.25, -0.2) is 4.98 Å². The van der Waals surface area contributed by atoms with Gasteiger partial charge < -0.3 is 10.3 Å². The maximum atomic E-state index is 12.3. The van der Waals surface area contributed by atoms with Gasteiger partial charge in [0.1, 0.15) is 0 Å². The Balaban J connectivity index is 1.89. The maximum absolute atomic E-state index is 12.3. The lowest BCUT2D eigenvalue weighted by molar-refractivity contribution is 0.0984. The van der Waals surface area contributed by atoms with Gasteiger partial charge in [0.05, 0.1) is 11.4 Å². The number of amides is 1. The second-order valence-corrected chi connectivity index (χ2v) is 8.34. The van der Waals surface area contributed by atoms with Gasteiger partial charge >= 0.3 is 0 Å². The summed E-state index contributed by atoms with van der Waals surface area (Å²) in [4.78, 5) is 17.1. The number of carbonyl (C=O) groups is 1. The van der Waals surface area contributed by atoms with Crippen LogP contribution in [0.25, 0.3) is 22.5 Å². The molecule has 0 spiro atoms. The van der Waals surface area contributed by atoms with E-state index in [9.17, 15) is 4.79 Å². The van der Waals surface area contributed by atoms with Crippen LogP contribution in [-0.2, 0) is 6.54 Å². The molecule has 3 aromatic rings. The van der Waals surface area contributed by atoms with Gasteiger partial charge in [0.2, 0.25) is 0 Å². The van der Waals surface area contributed by atoms with Gasteiger partial charge in [-0.3, -0.25) is 4.79 Å². The average molecular weight is 388 g/mol. The topological polar surface area (TPSA) is 60.9 Å². The van der Waals surface area contributed by atoms with E-state index in [1.807, 2.05) is 0 Å². The predicted molar refractivity (Wildman–Crippen MR) is 118 cm³/mol. The first kappa shape index (κ1) is 19.4. The van der Waals surface area contributed by atoms with Crippen LogP contribution in [0.2, 0.25) is 0 Å². The lowest BCUT2D eigenvalue weighted by Crippen LogP contribution is -2.22. The molecule has 0 radical (unpaired) electrons. The third kappa shape index (κ3) is 4.12. The van der Waals surface area contributed by atoms with Gasteiger partial charge in [-0.15, -0.1) is 0 Å². The number of primary amides is 1. The molecule has 4 heteroatoms. The number of rotatable bonds is 5. The van der Waals surface area contributed by atoms with Crippen LogP contribution in [0.5, 0.6) is 0 Å². The van der Waals surface area contributed by atoms with E-state index >= 15 is 0 Å². The Kier molecular flexibility index (Phi) is 5.52. The SMILES string of the molecule is Cc1ccc(-c2nc(C(N)=O)n(CC3CCCCC3)c2-c2ccc(C)cc2)cc1. The molecule has 0 atom stereocenters. The summed E-state index contributed by atoms with van der Waals surface area (Å²) in [5, 5.41) is 0. The predicted octanol–water partition coefficient (Wildman–Crippen LogP) is 5.51. The van der Waals surface area contributed by atoms with Crippen LogP contribution in [-0.4, -0.2) is 15.5 Å². The minimum atomic E-state index is -0.465. The Hall–Kier alpha value is -2.88. The van der Waals surface area contributed by atoms with Crippen molar-refractivity contribution >= 4 is 5.91 Å². The van der Waals surface area contributed by atoms with Crippen molar-refractivity contribution < 1.29 is 4.79 Å². The van der Waals surface area contributed by atoms with Crippen molar-refractivity contribution in [2.45, 2.75) is 52.5 Å². The van der Waals surface area contributed by atoms with Crippen LogP contribution in [0, 0.1) is 19.8 Å². The number of hydrogen-bond acceptors (Lipinski definition) is 2. The summed E-state index contributed by atoms with van der Waals surface area (Å²) in [6.07, 6.45) is 6.22. The molecule has 2 N–H and O–H groups in total. The van der Waals surface area contributed by atoms with Crippen LogP contribution in [0.3, 0.4) is 0 Å². The van der Waals surface area contributed by atoms with E-state index in [0.717, 1.165) is 29.1 Å². The van der Waals surface area contributed by atoms with Crippen molar-refractivity contribution in [3.05, 3.63) is 65.5 Å². The molecule has 4 rings (SSSR count). The Morgan fingerprint density at radius 3 is 2.03 bits per heavy atom. The third-order valence-corrected chi connectivity index (χ3v) is 6.00. The highest BCUT2D eigenvalue weighted by atomic mass is 16.1. The Bertz CT molecular complexity index is 994. The van der Waals surface area contributed by atoms with E-state index < -0.39 is 5.91 Å². The molecule has 1 saturated carbocycles. The van der Waals surface area contributed by atoms with Crippen LogP contribution >= 0.6 is 0 Å². The monoisotopic (exact) mass is 387 g/mol. The fourth-order valence-corrected chi connectivity index (χ4v) is 4.36. The lowest BCUT2D eigenvalue weighted by atomic mass is 9.89. The number of benzene rings is 2. The number of nitrogens with two attached hydrogens (primary N) is 1. The summed E-state index contributed by atoms with van der Waals surface area (Å²) in [7, 11) is 0. The maximum Gasteiger partial charge on any atom is 0.284 e. The van der Waals surface area contributed by atoms with E-state index in [1.54, 1.807) is 0 Å². The normalized spacial score (nSPS) is 14.8. The molecular formula is C25H29N3O. The fraction of sp³-hybridized carbons (Fsp3) is 0.360. The molecule has 29 heavy (non-hydrogen) atoms. The second kappa shape index (κ2) is 8.24. The first-order valence-corrected chi connectivity index (χ1v) is 10.6. The number of aryl methyl sites for hydroxylation is 2. The second-order valence-electron chi connectivity index (χ2n) is 8.34. The van der Waals surface area contributed by atoms with Gasteiger partial charge in [-0.2, -0.15) is 0 Å². The van der Waals surface area contributed by atoms with E-state index in [0.29, 0.717) is 11.7 Å². The molecule has 0 aliphatic heterocycles. The molecule has 2 aromatic carbocycles. The third-order valence-electron chi connectivity index (χ3n) is 6.00. The smallest absolute Gasteiger partial charge is 0.284 e. The fourth-order valence-electron chi connectivity index (χ4n) is 4.36. The molecule has 1 amide bonds. The van der Waals surface area contributed by atoms with E-state index in [1.165, 1.54) is 43.2 Å². The molecule has 1 aliphatic carbocycles. The summed E-state index contributed by atoms with van der Waals surface area (Å²) >= 11 is 0. The van der Waals surface area contributed by atoms with Crippen molar-refractivity contribution in [2.24, 2.45) is 11.7 Å². The highest BCUT2D eigenvalue weighted by Crippen LogP contribution is 2.35. The molecule has 1 aromatic heterocycles. The Labute approximate surface area is 172 Å². The highest BCUT2D eigenvalue weighted by Gasteiger charge is 2.25. The van der Waals surface area contributed by atoms with Gasteiger partial charge in [-0.05, 0) is 32.6 Å².